The minimum absolute atomic E-state index is 0.793. The Morgan fingerprint density at radius 2 is 1.92 bits per heavy atom. The van der Waals surface area contributed by atoms with Gasteiger partial charge in [-0.2, -0.15) is 4.68 Å². The molecule has 0 radical (unpaired) electrons. The van der Waals surface area contributed by atoms with E-state index in [9.17, 15) is 0 Å². The van der Waals surface area contributed by atoms with Crippen molar-refractivity contribution < 1.29 is 0 Å². The molecule has 0 bridgehead atoms. The lowest BCUT2D eigenvalue weighted by Crippen LogP contribution is -1.98. The van der Waals surface area contributed by atoms with Gasteiger partial charge < -0.3 is 0 Å². The van der Waals surface area contributed by atoms with Crippen molar-refractivity contribution >= 4 is 0 Å². The molecule has 2 rings (SSSR count). The summed E-state index contributed by atoms with van der Waals surface area (Å²) in [7, 11) is 0. The second kappa shape index (κ2) is 2.73. The van der Waals surface area contributed by atoms with Crippen molar-refractivity contribution in [2.75, 3.05) is 0 Å². The van der Waals surface area contributed by atoms with E-state index in [-0.39, 0.29) is 0 Å². The third kappa shape index (κ3) is 1.07. The zero-order valence-electron chi connectivity index (χ0n) is 6.68. The zero-order chi connectivity index (χ0) is 8.39. The number of tetrazole rings is 1. The quantitative estimate of drug-likeness (QED) is 0.624. The molecule has 1 aromatic carbocycles. The van der Waals surface area contributed by atoms with Crippen LogP contribution in [0.3, 0.4) is 0 Å². The van der Waals surface area contributed by atoms with E-state index in [0.29, 0.717) is 0 Å². The molecule has 0 amide bonds. The summed E-state index contributed by atoms with van der Waals surface area (Å²) >= 11 is 0. The number of hydrogen-bond acceptors (Lipinski definition) is 3. The molecule has 2 aromatic rings. The Hall–Kier alpha value is -1.71. The number of aromatic nitrogens is 4. The maximum Gasteiger partial charge on any atom is 0.153 e. The lowest BCUT2D eigenvalue weighted by atomic mass is 10.3. The Balaban J connectivity index is 2.51. The molecule has 1 aromatic heterocycles. The summed E-state index contributed by atoms with van der Waals surface area (Å²) in [5, 5.41) is 11.2. The molecule has 0 aliphatic carbocycles. The number of hydrogen-bond donors (Lipinski definition) is 0. The Bertz CT molecular complexity index is 366. The lowest BCUT2D eigenvalue weighted by Gasteiger charge is -1.98. The van der Waals surface area contributed by atoms with Crippen molar-refractivity contribution in [2.24, 2.45) is 0 Å². The van der Waals surface area contributed by atoms with Crippen LogP contribution in [0, 0.1) is 6.92 Å². The van der Waals surface area contributed by atoms with Crippen molar-refractivity contribution in [1.82, 2.24) is 20.2 Å². The number of para-hydroxylation sites is 1. The van der Waals surface area contributed by atoms with Gasteiger partial charge in [0.25, 0.3) is 0 Å². The predicted molar refractivity (Wildman–Crippen MR) is 43.9 cm³/mol. The molecule has 0 N–H and O–H groups in total. The van der Waals surface area contributed by atoms with Gasteiger partial charge in [-0.3, -0.25) is 0 Å². The van der Waals surface area contributed by atoms with Crippen molar-refractivity contribution in [3.63, 3.8) is 0 Å². The smallest absolute Gasteiger partial charge is 0.153 e. The van der Waals surface area contributed by atoms with Crippen molar-refractivity contribution in [1.29, 1.82) is 0 Å². The minimum atomic E-state index is 0.793. The molecular formula is C8H8N4. The molecule has 60 valence electrons. The highest BCUT2D eigenvalue weighted by Gasteiger charge is 2.00. The summed E-state index contributed by atoms with van der Waals surface area (Å²) < 4.78 is 1.69. The van der Waals surface area contributed by atoms with Gasteiger partial charge in [0, 0.05) is 0 Å². The van der Waals surface area contributed by atoms with E-state index in [4.69, 9.17) is 0 Å². The van der Waals surface area contributed by atoms with Gasteiger partial charge in [-0.05, 0) is 29.5 Å². The molecular weight excluding hydrogens is 152 g/mol. The van der Waals surface area contributed by atoms with Crippen LogP contribution in [0.1, 0.15) is 5.82 Å². The van der Waals surface area contributed by atoms with Crippen LogP contribution in [0.15, 0.2) is 30.3 Å². The average molecular weight is 160 g/mol. The zero-order valence-corrected chi connectivity index (χ0v) is 6.68. The van der Waals surface area contributed by atoms with Crippen LogP contribution in [0.5, 0.6) is 0 Å². The fourth-order valence-corrected chi connectivity index (χ4v) is 1.04. The first-order valence-corrected chi connectivity index (χ1v) is 3.68. The normalized spacial score (nSPS) is 10.1. The van der Waals surface area contributed by atoms with E-state index in [1.165, 1.54) is 0 Å². The maximum atomic E-state index is 3.84. The van der Waals surface area contributed by atoms with E-state index >= 15 is 0 Å². The maximum absolute atomic E-state index is 3.84. The molecule has 0 aliphatic rings. The summed E-state index contributed by atoms with van der Waals surface area (Å²) in [6.45, 7) is 1.87. The highest BCUT2D eigenvalue weighted by molar-refractivity contribution is 5.30. The van der Waals surface area contributed by atoms with Gasteiger partial charge in [0.2, 0.25) is 0 Å². The monoisotopic (exact) mass is 160 g/mol. The van der Waals surface area contributed by atoms with E-state index in [2.05, 4.69) is 15.5 Å². The Kier molecular flexibility index (Phi) is 1.59. The second-order valence-corrected chi connectivity index (χ2v) is 2.47. The van der Waals surface area contributed by atoms with E-state index in [0.717, 1.165) is 11.5 Å². The fourth-order valence-electron chi connectivity index (χ4n) is 1.04. The number of nitrogens with zero attached hydrogens (tertiary/aromatic N) is 4. The van der Waals surface area contributed by atoms with Gasteiger partial charge in [-0.15, -0.1) is 5.10 Å². The Morgan fingerprint density at radius 1 is 1.17 bits per heavy atom. The molecule has 12 heavy (non-hydrogen) atoms. The van der Waals surface area contributed by atoms with Crippen LogP contribution in [0.25, 0.3) is 5.69 Å². The molecule has 0 saturated carbocycles. The first-order valence-electron chi connectivity index (χ1n) is 3.68. The minimum Gasteiger partial charge on any atom is -0.198 e. The molecule has 0 fully saturated rings. The molecule has 0 unspecified atom stereocenters. The summed E-state index contributed by atoms with van der Waals surface area (Å²) in [5.41, 5.74) is 0.986. The molecule has 0 atom stereocenters. The lowest BCUT2D eigenvalue weighted by molar-refractivity contribution is 0.779. The van der Waals surface area contributed by atoms with E-state index in [1.807, 2.05) is 37.3 Å². The number of rotatable bonds is 1. The van der Waals surface area contributed by atoms with Gasteiger partial charge in [0.15, 0.2) is 5.82 Å². The molecule has 0 aliphatic heterocycles. The average Bonchev–Trinajstić information content (AvgIpc) is 2.53. The van der Waals surface area contributed by atoms with Crippen molar-refractivity contribution in [3.05, 3.63) is 36.2 Å². The Labute approximate surface area is 69.8 Å². The highest BCUT2D eigenvalue weighted by atomic mass is 15.5. The predicted octanol–water partition coefficient (Wildman–Crippen LogP) is 0.971. The second-order valence-electron chi connectivity index (χ2n) is 2.47. The Morgan fingerprint density at radius 3 is 2.50 bits per heavy atom. The van der Waals surface area contributed by atoms with Crippen molar-refractivity contribution in [2.45, 2.75) is 6.92 Å². The van der Waals surface area contributed by atoms with Crippen LogP contribution >= 0.6 is 0 Å². The summed E-state index contributed by atoms with van der Waals surface area (Å²) in [4.78, 5) is 0. The van der Waals surface area contributed by atoms with Gasteiger partial charge in [-0.1, -0.05) is 18.2 Å². The molecule has 0 spiro atoms. The largest absolute Gasteiger partial charge is 0.198 e. The van der Waals surface area contributed by atoms with E-state index in [1.54, 1.807) is 4.68 Å². The summed E-state index contributed by atoms with van der Waals surface area (Å²) in [5.74, 6) is 0.793. The molecule has 1 heterocycles. The van der Waals surface area contributed by atoms with Gasteiger partial charge >= 0.3 is 0 Å². The number of benzene rings is 1. The van der Waals surface area contributed by atoms with Crippen LogP contribution in [0.4, 0.5) is 0 Å². The molecule has 0 saturated heterocycles. The number of aryl methyl sites for hydroxylation is 1. The van der Waals surface area contributed by atoms with Crippen LogP contribution in [0.2, 0.25) is 0 Å². The van der Waals surface area contributed by atoms with Crippen molar-refractivity contribution in [3.8, 4) is 5.69 Å². The molecule has 4 heteroatoms. The summed E-state index contributed by atoms with van der Waals surface area (Å²) in [6.07, 6.45) is 0. The first kappa shape index (κ1) is 6.97. The van der Waals surface area contributed by atoms with E-state index < -0.39 is 0 Å². The topological polar surface area (TPSA) is 43.6 Å². The standard InChI is InChI=1S/C8H8N4/c1-7-9-10-11-12(7)8-5-3-2-4-6-8/h2-6H,1H3. The van der Waals surface area contributed by atoms with Crippen LogP contribution in [-0.4, -0.2) is 20.2 Å². The third-order valence-corrected chi connectivity index (χ3v) is 1.63. The first-order chi connectivity index (χ1) is 5.88. The van der Waals surface area contributed by atoms with Gasteiger partial charge in [0.05, 0.1) is 5.69 Å². The van der Waals surface area contributed by atoms with Crippen LogP contribution < -0.4 is 0 Å². The van der Waals surface area contributed by atoms with Gasteiger partial charge in [-0.25, -0.2) is 0 Å². The third-order valence-electron chi connectivity index (χ3n) is 1.63. The molecule has 4 nitrogen and oxygen atoms in total. The SMILES string of the molecule is Cc1nnnn1-c1ccccc1. The van der Waals surface area contributed by atoms with Gasteiger partial charge in [0.1, 0.15) is 0 Å². The highest BCUT2D eigenvalue weighted by Crippen LogP contribution is 2.04. The summed E-state index contributed by atoms with van der Waals surface area (Å²) in [6, 6.07) is 9.79. The van der Waals surface area contributed by atoms with Crippen LogP contribution in [-0.2, 0) is 0 Å². The fraction of sp³-hybridized carbons (Fsp3) is 0.125.